The highest BCUT2D eigenvalue weighted by atomic mass is 35.5. The molecule has 0 saturated carbocycles. The number of carbonyl (C=O) groups excluding carboxylic acids is 1. The number of ketones is 1. The van der Waals surface area contributed by atoms with Crippen molar-refractivity contribution in [2.24, 2.45) is 5.73 Å². The third kappa shape index (κ3) is 3.48. The van der Waals surface area contributed by atoms with Crippen molar-refractivity contribution in [3.63, 3.8) is 0 Å². The van der Waals surface area contributed by atoms with Gasteiger partial charge in [-0.3, -0.25) is 9.69 Å². The number of thiophene rings is 1. The fourth-order valence-electron chi connectivity index (χ4n) is 4.03. The molecule has 1 aliphatic heterocycles. The SMILES string of the molecule is CCSc1ccsc1C1C(C#N)=C(N)N(c2ccc(Cl)cc2)C2=C1C(=O)CCC2. The molecule has 1 atom stereocenters. The molecule has 4 rings (SSSR count). The molecular formula is C22H20ClN3OS2. The maximum absolute atomic E-state index is 13.1. The van der Waals surface area contributed by atoms with E-state index in [0.29, 0.717) is 22.8 Å². The minimum absolute atomic E-state index is 0.108. The van der Waals surface area contributed by atoms with Crippen molar-refractivity contribution >= 4 is 46.2 Å². The number of nitrogens with two attached hydrogens (primary N) is 1. The molecule has 148 valence electrons. The van der Waals surface area contributed by atoms with E-state index in [2.05, 4.69) is 19.1 Å². The monoisotopic (exact) mass is 441 g/mol. The summed E-state index contributed by atoms with van der Waals surface area (Å²) in [6, 6.07) is 11.7. The molecule has 4 nitrogen and oxygen atoms in total. The van der Waals surface area contributed by atoms with Crippen LogP contribution in [0.1, 0.15) is 37.0 Å². The first-order valence-corrected chi connectivity index (χ1v) is 11.7. The van der Waals surface area contributed by atoms with Crippen LogP contribution in [-0.4, -0.2) is 11.5 Å². The van der Waals surface area contributed by atoms with Crippen LogP contribution >= 0.6 is 34.7 Å². The molecule has 1 unspecified atom stereocenters. The Labute approximate surface area is 183 Å². The second-order valence-corrected chi connectivity index (χ2v) is 9.56. The largest absolute Gasteiger partial charge is 0.384 e. The van der Waals surface area contributed by atoms with Gasteiger partial charge in [-0.25, -0.2) is 0 Å². The predicted molar refractivity (Wildman–Crippen MR) is 120 cm³/mol. The molecule has 1 aromatic heterocycles. The smallest absolute Gasteiger partial charge is 0.161 e. The Morgan fingerprint density at radius 2 is 2.07 bits per heavy atom. The minimum atomic E-state index is -0.389. The molecule has 0 radical (unpaired) electrons. The minimum Gasteiger partial charge on any atom is -0.384 e. The van der Waals surface area contributed by atoms with E-state index >= 15 is 0 Å². The summed E-state index contributed by atoms with van der Waals surface area (Å²) in [6.45, 7) is 2.10. The van der Waals surface area contributed by atoms with Gasteiger partial charge in [-0.05, 0) is 54.3 Å². The third-order valence-electron chi connectivity index (χ3n) is 5.22. The molecule has 2 aromatic rings. The number of allylic oxidation sites excluding steroid dienone is 3. The Balaban J connectivity index is 1.94. The van der Waals surface area contributed by atoms with Crippen molar-refractivity contribution in [1.29, 1.82) is 5.26 Å². The van der Waals surface area contributed by atoms with Crippen LogP contribution in [0.5, 0.6) is 0 Å². The van der Waals surface area contributed by atoms with Crippen LogP contribution in [0.3, 0.4) is 0 Å². The standard InChI is InChI=1S/C22H20ClN3OS2/c1-2-28-18-10-11-29-21(18)19-15(12-24)22(25)26(14-8-6-13(23)7-9-14)16-4-3-5-17(27)20(16)19/h6-11,19H,2-5,25H2,1H3. The van der Waals surface area contributed by atoms with Crippen LogP contribution in [0.15, 0.2) is 63.3 Å². The van der Waals surface area contributed by atoms with Crippen molar-refractivity contribution in [3.8, 4) is 6.07 Å². The lowest BCUT2D eigenvalue weighted by Gasteiger charge is -2.39. The van der Waals surface area contributed by atoms with E-state index < -0.39 is 0 Å². The van der Waals surface area contributed by atoms with E-state index in [1.807, 2.05) is 22.4 Å². The summed E-state index contributed by atoms with van der Waals surface area (Å²) in [5.74, 6) is 1.04. The highest BCUT2D eigenvalue weighted by Crippen LogP contribution is 2.49. The Morgan fingerprint density at radius 1 is 1.31 bits per heavy atom. The van der Waals surface area contributed by atoms with E-state index in [1.165, 1.54) is 0 Å². The van der Waals surface area contributed by atoms with Crippen LogP contribution in [0.2, 0.25) is 5.02 Å². The van der Waals surface area contributed by atoms with Crippen molar-refractivity contribution in [1.82, 2.24) is 0 Å². The average Bonchev–Trinajstić information content (AvgIpc) is 3.16. The summed E-state index contributed by atoms with van der Waals surface area (Å²) in [5, 5.41) is 12.7. The molecule has 0 fully saturated rings. The van der Waals surface area contributed by atoms with Crippen LogP contribution in [0, 0.1) is 11.3 Å². The van der Waals surface area contributed by atoms with E-state index in [1.54, 1.807) is 35.2 Å². The number of nitrogens with zero attached hydrogens (tertiary/aromatic N) is 2. The zero-order valence-electron chi connectivity index (χ0n) is 15.9. The molecule has 2 N–H and O–H groups in total. The predicted octanol–water partition coefficient (Wildman–Crippen LogP) is 5.82. The second-order valence-electron chi connectivity index (χ2n) is 6.87. The van der Waals surface area contributed by atoms with Gasteiger partial charge >= 0.3 is 0 Å². The first-order chi connectivity index (χ1) is 14.1. The van der Waals surface area contributed by atoms with Gasteiger partial charge in [0.2, 0.25) is 0 Å². The summed E-state index contributed by atoms with van der Waals surface area (Å²) in [4.78, 5) is 17.2. The Morgan fingerprint density at radius 3 is 2.76 bits per heavy atom. The average molecular weight is 442 g/mol. The normalized spacial score (nSPS) is 19.4. The molecule has 1 aromatic carbocycles. The lowest BCUT2D eigenvalue weighted by Crippen LogP contribution is -2.38. The van der Waals surface area contributed by atoms with Gasteiger partial charge in [0.05, 0.1) is 17.6 Å². The summed E-state index contributed by atoms with van der Waals surface area (Å²) in [5.41, 5.74) is 9.46. The lowest BCUT2D eigenvalue weighted by atomic mass is 9.78. The van der Waals surface area contributed by atoms with E-state index in [9.17, 15) is 10.1 Å². The Kier molecular flexibility index (Phi) is 5.73. The summed E-state index contributed by atoms with van der Waals surface area (Å²) < 4.78 is 0. The topological polar surface area (TPSA) is 70.1 Å². The molecule has 0 amide bonds. The van der Waals surface area contributed by atoms with Gasteiger partial charge in [0, 0.05) is 38.2 Å². The van der Waals surface area contributed by atoms with Crippen molar-refractivity contribution < 1.29 is 4.79 Å². The van der Waals surface area contributed by atoms with Gasteiger partial charge in [0.15, 0.2) is 5.78 Å². The van der Waals surface area contributed by atoms with Gasteiger partial charge in [-0.1, -0.05) is 18.5 Å². The number of nitriles is 1. The molecular weight excluding hydrogens is 422 g/mol. The quantitative estimate of drug-likeness (QED) is 0.605. The zero-order chi connectivity index (χ0) is 20.5. The molecule has 2 heterocycles. The first-order valence-electron chi connectivity index (χ1n) is 9.48. The summed E-state index contributed by atoms with van der Waals surface area (Å²) in [6.07, 6.45) is 2.04. The van der Waals surface area contributed by atoms with E-state index in [0.717, 1.165) is 45.3 Å². The van der Waals surface area contributed by atoms with Crippen molar-refractivity contribution in [3.05, 3.63) is 68.3 Å². The highest BCUT2D eigenvalue weighted by molar-refractivity contribution is 7.99. The fraction of sp³-hybridized carbons (Fsp3) is 0.273. The molecule has 0 saturated heterocycles. The van der Waals surface area contributed by atoms with Gasteiger partial charge in [0.1, 0.15) is 5.82 Å². The number of thioether (sulfide) groups is 1. The Hall–Kier alpha value is -2.20. The molecule has 0 bridgehead atoms. The third-order valence-corrected chi connectivity index (χ3v) is 7.54. The van der Waals surface area contributed by atoms with E-state index in [4.69, 9.17) is 17.3 Å². The fourth-order valence-corrected chi connectivity index (χ4v) is 6.20. The van der Waals surface area contributed by atoms with Gasteiger partial charge in [-0.15, -0.1) is 23.1 Å². The number of anilines is 1. The maximum Gasteiger partial charge on any atom is 0.161 e. The summed E-state index contributed by atoms with van der Waals surface area (Å²) >= 11 is 9.38. The first kappa shape index (κ1) is 20.1. The Bertz CT molecular complexity index is 1060. The van der Waals surface area contributed by atoms with Crippen LogP contribution < -0.4 is 10.6 Å². The van der Waals surface area contributed by atoms with Crippen LogP contribution in [-0.2, 0) is 4.79 Å². The van der Waals surface area contributed by atoms with Crippen LogP contribution in [0.25, 0.3) is 0 Å². The lowest BCUT2D eigenvalue weighted by molar-refractivity contribution is -0.116. The van der Waals surface area contributed by atoms with Gasteiger partial charge < -0.3 is 5.73 Å². The number of Topliss-reactive ketones (excluding diaryl/α,β-unsaturated/α-hetero) is 1. The summed E-state index contributed by atoms with van der Waals surface area (Å²) in [7, 11) is 0. The molecule has 29 heavy (non-hydrogen) atoms. The zero-order valence-corrected chi connectivity index (χ0v) is 18.3. The van der Waals surface area contributed by atoms with Crippen LogP contribution in [0.4, 0.5) is 5.69 Å². The van der Waals surface area contributed by atoms with Gasteiger partial charge in [0.25, 0.3) is 0 Å². The van der Waals surface area contributed by atoms with E-state index in [-0.39, 0.29) is 11.7 Å². The maximum atomic E-state index is 13.1. The van der Waals surface area contributed by atoms with Crippen molar-refractivity contribution in [2.45, 2.75) is 37.0 Å². The molecule has 1 aliphatic carbocycles. The highest BCUT2D eigenvalue weighted by Gasteiger charge is 2.41. The second kappa shape index (κ2) is 8.27. The number of halogens is 1. The molecule has 0 spiro atoms. The number of benzene rings is 1. The number of carbonyl (C=O) groups is 1. The number of hydrogen-bond acceptors (Lipinski definition) is 6. The van der Waals surface area contributed by atoms with Crippen molar-refractivity contribution in [2.75, 3.05) is 10.7 Å². The number of hydrogen-bond donors (Lipinski definition) is 1. The molecule has 7 heteroatoms. The number of rotatable bonds is 4. The molecule has 2 aliphatic rings. The van der Waals surface area contributed by atoms with Gasteiger partial charge in [-0.2, -0.15) is 5.26 Å².